The number of anilines is 1. The molecule has 0 amide bonds. The van der Waals surface area contributed by atoms with Gasteiger partial charge in [0.2, 0.25) is 0 Å². The Kier molecular flexibility index (Phi) is 2.17. The molecule has 0 bridgehead atoms. The topological polar surface area (TPSA) is 62.7 Å². The zero-order valence-corrected chi connectivity index (χ0v) is 8.08. The van der Waals surface area contributed by atoms with E-state index in [2.05, 4.69) is 4.98 Å². The lowest BCUT2D eigenvalue weighted by atomic mass is 10.1. The molecule has 2 aromatic rings. The second-order valence-electron chi connectivity index (χ2n) is 2.77. The molecule has 4 heteroatoms. The average Bonchev–Trinajstić information content (AvgIpc) is 2.67. The predicted molar refractivity (Wildman–Crippen MR) is 56.7 cm³/mol. The molecule has 0 saturated heterocycles. The lowest BCUT2D eigenvalue weighted by molar-refractivity contribution is 1.35. The molecule has 0 unspecified atom stereocenters. The van der Waals surface area contributed by atoms with Crippen LogP contribution >= 0.6 is 11.3 Å². The molecule has 0 atom stereocenters. The highest BCUT2D eigenvalue weighted by Crippen LogP contribution is 2.22. The van der Waals surface area contributed by atoms with Crippen LogP contribution in [0, 0.1) is 11.3 Å². The number of nitrogens with two attached hydrogens (primary N) is 1. The van der Waals surface area contributed by atoms with Gasteiger partial charge in [-0.05, 0) is 12.1 Å². The summed E-state index contributed by atoms with van der Waals surface area (Å²) in [5.41, 5.74) is 8.10. The molecule has 1 heterocycles. The van der Waals surface area contributed by atoms with Crippen LogP contribution in [-0.2, 0) is 0 Å². The molecule has 0 fully saturated rings. The van der Waals surface area contributed by atoms with Crippen molar-refractivity contribution in [2.24, 2.45) is 0 Å². The molecule has 14 heavy (non-hydrogen) atoms. The lowest BCUT2D eigenvalue weighted by Crippen LogP contribution is -1.84. The zero-order valence-electron chi connectivity index (χ0n) is 7.27. The third-order valence-corrected chi connectivity index (χ3v) is 2.55. The first-order chi connectivity index (χ1) is 6.79. The van der Waals surface area contributed by atoms with Crippen LogP contribution in [0.25, 0.3) is 11.3 Å². The Bertz CT molecular complexity index is 479. The van der Waals surface area contributed by atoms with E-state index in [1.54, 1.807) is 0 Å². The molecule has 0 saturated carbocycles. The fourth-order valence-electron chi connectivity index (χ4n) is 1.11. The first-order valence-electron chi connectivity index (χ1n) is 4.01. The van der Waals surface area contributed by atoms with E-state index in [0.29, 0.717) is 5.01 Å². The Morgan fingerprint density at radius 3 is 2.57 bits per heavy atom. The van der Waals surface area contributed by atoms with Gasteiger partial charge < -0.3 is 5.73 Å². The van der Waals surface area contributed by atoms with Gasteiger partial charge in [0, 0.05) is 16.6 Å². The molecule has 68 valence electrons. The molecule has 0 spiro atoms. The van der Waals surface area contributed by atoms with E-state index in [0.717, 1.165) is 16.9 Å². The fourth-order valence-corrected chi connectivity index (χ4v) is 1.73. The van der Waals surface area contributed by atoms with Crippen molar-refractivity contribution in [3.8, 4) is 17.3 Å². The molecule has 2 N–H and O–H groups in total. The van der Waals surface area contributed by atoms with Gasteiger partial charge in [-0.3, -0.25) is 0 Å². The Morgan fingerprint density at radius 1 is 1.29 bits per heavy atom. The van der Waals surface area contributed by atoms with Gasteiger partial charge in [-0.25, -0.2) is 4.98 Å². The van der Waals surface area contributed by atoms with Crippen molar-refractivity contribution in [2.45, 2.75) is 0 Å². The summed E-state index contributed by atoms with van der Waals surface area (Å²) >= 11 is 1.35. The highest BCUT2D eigenvalue weighted by atomic mass is 32.1. The van der Waals surface area contributed by atoms with Crippen LogP contribution in [0.3, 0.4) is 0 Å². The zero-order chi connectivity index (χ0) is 9.97. The molecule has 2 rings (SSSR count). The molecule has 0 aliphatic heterocycles. The Hall–Kier alpha value is -1.86. The normalized spacial score (nSPS) is 9.64. The van der Waals surface area contributed by atoms with Crippen molar-refractivity contribution in [1.82, 2.24) is 4.98 Å². The third kappa shape index (κ3) is 1.58. The number of aromatic nitrogens is 1. The van der Waals surface area contributed by atoms with Crippen molar-refractivity contribution in [1.29, 1.82) is 5.26 Å². The highest BCUT2D eigenvalue weighted by molar-refractivity contribution is 7.10. The number of benzene rings is 1. The summed E-state index contributed by atoms with van der Waals surface area (Å²) in [7, 11) is 0. The predicted octanol–water partition coefficient (Wildman–Crippen LogP) is 2.26. The van der Waals surface area contributed by atoms with Crippen molar-refractivity contribution in [2.75, 3.05) is 5.73 Å². The van der Waals surface area contributed by atoms with Crippen molar-refractivity contribution in [3.63, 3.8) is 0 Å². The maximum Gasteiger partial charge on any atom is 0.194 e. The van der Waals surface area contributed by atoms with Gasteiger partial charge in [0.25, 0.3) is 0 Å². The Morgan fingerprint density at radius 2 is 2.00 bits per heavy atom. The van der Waals surface area contributed by atoms with Gasteiger partial charge in [0.1, 0.15) is 6.07 Å². The van der Waals surface area contributed by atoms with E-state index in [1.807, 2.05) is 35.7 Å². The van der Waals surface area contributed by atoms with Gasteiger partial charge in [-0.2, -0.15) is 5.26 Å². The molecule has 0 aliphatic rings. The largest absolute Gasteiger partial charge is 0.399 e. The molecule has 1 aromatic carbocycles. The van der Waals surface area contributed by atoms with Gasteiger partial charge in [0.05, 0.1) is 5.69 Å². The summed E-state index contributed by atoms with van der Waals surface area (Å²) in [6, 6.07) is 9.44. The van der Waals surface area contributed by atoms with Gasteiger partial charge >= 0.3 is 0 Å². The minimum atomic E-state index is 0.483. The number of rotatable bonds is 1. The molecule has 0 radical (unpaired) electrons. The number of nitrogen functional groups attached to an aromatic ring is 1. The summed E-state index contributed by atoms with van der Waals surface area (Å²) in [6.45, 7) is 0. The summed E-state index contributed by atoms with van der Waals surface area (Å²) in [4.78, 5) is 4.15. The van der Waals surface area contributed by atoms with Crippen LogP contribution in [-0.4, -0.2) is 4.98 Å². The van der Waals surface area contributed by atoms with Crippen molar-refractivity contribution < 1.29 is 0 Å². The number of nitrogens with zero attached hydrogens (tertiary/aromatic N) is 2. The third-order valence-electron chi connectivity index (χ3n) is 1.81. The first kappa shape index (κ1) is 8.73. The first-order valence-corrected chi connectivity index (χ1v) is 4.89. The van der Waals surface area contributed by atoms with Gasteiger partial charge in [-0.15, -0.1) is 11.3 Å². The van der Waals surface area contributed by atoms with Crippen LogP contribution < -0.4 is 5.73 Å². The smallest absolute Gasteiger partial charge is 0.194 e. The number of hydrogen-bond acceptors (Lipinski definition) is 4. The van der Waals surface area contributed by atoms with Crippen LogP contribution in [0.1, 0.15) is 5.01 Å². The van der Waals surface area contributed by atoms with Gasteiger partial charge in [0.15, 0.2) is 5.01 Å². The minimum absolute atomic E-state index is 0.483. The van der Waals surface area contributed by atoms with E-state index < -0.39 is 0 Å². The van der Waals surface area contributed by atoms with E-state index in [4.69, 9.17) is 11.0 Å². The molecule has 1 aromatic heterocycles. The molecule has 0 aliphatic carbocycles. The van der Waals surface area contributed by atoms with Crippen LogP contribution in [0.5, 0.6) is 0 Å². The monoisotopic (exact) mass is 201 g/mol. The van der Waals surface area contributed by atoms with E-state index in [-0.39, 0.29) is 0 Å². The van der Waals surface area contributed by atoms with Crippen LogP contribution in [0.4, 0.5) is 5.69 Å². The standard InChI is InChI=1S/C10H7N3S/c11-5-10-13-9(6-14-10)7-1-3-8(12)4-2-7/h1-4,6H,12H2. The Labute approximate surface area is 85.4 Å². The molecular formula is C10H7N3S. The summed E-state index contributed by atoms with van der Waals surface area (Å²) in [6.07, 6.45) is 0. The fraction of sp³-hybridized carbons (Fsp3) is 0. The Balaban J connectivity index is 2.40. The van der Waals surface area contributed by atoms with Crippen molar-refractivity contribution in [3.05, 3.63) is 34.7 Å². The van der Waals surface area contributed by atoms with E-state index >= 15 is 0 Å². The number of thiazole rings is 1. The maximum atomic E-state index is 8.62. The lowest BCUT2D eigenvalue weighted by Gasteiger charge is -1.96. The number of nitriles is 1. The summed E-state index contributed by atoms with van der Waals surface area (Å²) in [5.74, 6) is 0. The van der Waals surface area contributed by atoms with Crippen molar-refractivity contribution >= 4 is 17.0 Å². The summed E-state index contributed by atoms with van der Waals surface area (Å²) in [5, 5.41) is 11.0. The van der Waals surface area contributed by atoms with Crippen LogP contribution in [0.15, 0.2) is 29.6 Å². The maximum absolute atomic E-state index is 8.62. The quantitative estimate of drug-likeness (QED) is 0.720. The molecule has 3 nitrogen and oxygen atoms in total. The van der Waals surface area contributed by atoms with E-state index in [1.165, 1.54) is 11.3 Å². The van der Waals surface area contributed by atoms with Gasteiger partial charge in [-0.1, -0.05) is 12.1 Å². The highest BCUT2D eigenvalue weighted by Gasteiger charge is 2.02. The number of hydrogen-bond donors (Lipinski definition) is 1. The summed E-state index contributed by atoms with van der Waals surface area (Å²) < 4.78 is 0. The second kappa shape index (κ2) is 3.48. The average molecular weight is 201 g/mol. The minimum Gasteiger partial charge on any atom is -0.399 e. The van der Waals surface area contributed by atoms with E-state index in [9.17, 15) is 0 Å². The molecular weight excluding hydrogens is 194 g/mol. The SMILES string of the molecule is N#Cc1nc(-c2ccc(N)cc2)cs1. The second-order valence-corrected chi connectivity index (χ2v) is 3.63. The van der Waals surface area contributed by atoms with Crippen LogP contribution in [0.2, 0.25) is 0 Å².